The summed E-state index contributed by atoms with van der Waals surface area (Å²) in [4.78, 5) is 61.2. The molecule has 0 heterocycles. The Morgan fingerprint density at radius 3 is 1.80 bits per heavy atom. The number of halogens is 2. The molecule has 1 aromatic carbocycles. The van der Waals surface area contributed by atoms with Gasteiger partial charge in [0.2, 0.25) is 0 Å². The first-order valence-corrected chi connectivity index (χ1v) is 13.6. The van der Waals surface area contributed by atoms with Gasteiger partial charge in [-0.15, -0.1) is 0 Å². The molecule has 0 aliphatic carbocycles. The van der Waals surface area contributed by atoms with Gasteiger partial charge in [0.15, 0.2) is 0 Å². The van der Waals surface area contributed by atoms with Crippen molar-refractivity contribution >= 4 is 46.0 Å². The molecule has 11 nitrogen and oxygen atoms in total. The van der Waals surface area contributed by atoms with Crippen molar-refractivity contribution < 1.29 is 56.8 Å². The molecule has 0 aliphatic rings. The van der Waals surface area contributed by atoms with Gasteiger partial charge in [-0.05, 0) is 39.7 Å². The predicted octanol–water partition coefficient (Wildman–Crippen LogP) is 4.50. The third kappa shape index (κ3) is 11.7. The summed E-state index contributed by atoms with van der Waals surface area (Å²) in [5.41, 5.74) is -3.25. The van der Waals surface area contributed by atoms with Crippen molar-refractivity contribution in [1.29, 1.82) is 0 Å². The average Bonchev–Trinajstić information content (AvgIpc) is 2.94. The van der Waals surface area contributed by atoms with Crippen LogP contribution in [-0.4, -0.2) is 76.9 Å². The third-order valence-corrected chi connectivity index (χ3v) is 6.87. The molecular formula is C28H38BrFO11. The highest BCUT2D eigenvalue weighted by molar-refractivity contribution is 9.09. The first-order valence-electron chi connectivity index (χ1n) is 12.7. The number of rotatable bonds is 16. The second-order valence-corrected chi connectivity index (χ2v) is 11.7. The first kappa shape index (κ1) is 35.8. The summed E-state index contributed by atoms with van der Waals surface area (Å²) in [6.07, 6.45) is -0.905. The summed E-state index contributed by atoms with van der Waals surface area (Å²) in [6, 6.07) is 9.47. The van der Waals surface area contributed by atoms with Gasteiger partial charge in [0.25, 0.3) is 0 Å². The van der Waals surface area contributed by atoms with Crippen molar-refractivity contribution in [3.8, 4) is 0 Å². The lowest BCUT2D eigenvalue weighted by Gasteiger charge is -2.30. The minimum absolute atomic E-state index is 0.151. The molecule has 3 atom stereocenters. The Morgan fingerprint density at radius 2 is 1.29 bits per heavy atom. The number of hydrogen-bond donors (Lipinski definition) is 0. The van der Waals surface area contributed by atoms with E-state index in [9.17, 15) is 28.4 Å². The number of methoxy groups -OCH3 is 1. The Bertz CT molecular complexity index is 1050. The van der Waals surface area contributed by atoms with Crippen LogP contribution in [0.3, 0.4) is 0 Å². The van der Waals surface area contributed by atoms with E-state index in [1.165, 1.54) is 13.8 Å². The fraction of sp³-hybridized carbons (Fsp3) is 0.607. The van der Waals surface area contributed by atoms with Crippen LogP contribution in [0.15, 0.2) is 30.3 Å². The Hall–Kier alpha value is -3.22. The van der Waals surface area contributed by atoms with Gasteiger partial charge in [-0.3, -0.25) is 19.2 Å². The predicted molar refractivity (Wildman–Crippen MR) is 147 cm³/mol. The monoisotopic (exact) mass is 648 g/mol. The second-order valence-electron chi connectivity index (χ2n) is 10.6. The largest absolute Gasteiger partial charge is 0.508 e. The van der Waals surface area contributed by atoms with Crippen LogP contribution >= 0.6 is 15.9 Å². The van der Waals surface area contributed by atoms with Crippen LogP contribution in [0, 0.1) is 16.2 Å². The molecule has 13 heteroatoms. The summed E-state index contributed by atoms with van der Waals surface area (Å²) < 4.78 is 42.6. The van der Waals surface area contributed by atoms with Crippen LogP contribution in [0.25, 0.3) is 0 Å². The van der Waals surface area contributed by atoms with Crippen molar-refractivity contribution in [2.45, 2.75) is 45.9 Å². The van der Waals surface area contributed by atoms with Crippen LogP contribution in [0.5, 0.6) is 0 Å². The average molecular weight is 650 g/mol. The summed E-state index contributed by atoms with van der Waals surface area (Å²) in [7, 11) is 1.11. The fourth-order valence-electron chi connectivity index (χ4n) is 3.34. The number of hydrogen-bond acceptors (Lipinski definition) is 11. The van der Waals surface area contributed by atoms with Crippen LogP contribution in [0.1, 0.15) is 51.4 Å². The Kier molecular flexibility index (Phi) is 14.2. The minimum atomic E-state index is -1.71. The molecule has 0 aromatic heterocycles. The van der Waals surface area contributed by atoms with Crippen molar-refractivity contribution in [2.75, 3.05) is 46.8 Å². The van der Waals surface area contributed by atoms with Crippen molar-refractivity contribution in [3.05, 3.63) is 35.9 Å². The highest BCUT2D eigenvalue weighted by atomic mass is 79.9. The zero-order chi connectivity index (χ0) is 31.3. The molecule has 230 valence electrons. The van der Waals surface area contributed by atoms with E-state index < -0.39 is 86.0 Å². The molecule has 3 unspecified atom stereocenters. The quantitative estimate of drug-likeness (QED) is 0.142. The Balaban J connectivity index is 2.88. The lowest BCUT2D eigenvalue weighted by Crippen LogP contribution is -2.43. The van der Waals surface area contributed by atoms with E-state index in [4.69, 9.17) is 23.7 Å². The van der Waals surface area contributed by atoms with Crippen LogP contribution < -0.4 is 0 Å². The molecule has 0 fully saturated rings. The van der Waals surface area contributed by atoms with E-state index in [0.717, 1.165) is 19.6 Å². The molecule has 0 spiro atoms. The molecule has 0 saturated heterocycles. The smallest absolute Gasteiger partial charge is 0.468 e. The highest BCUT2D eigenvalue weighted by Gasteiger charge is 2.42. The van der Waals surface area contributed by atoms with E-state index in [0.29, 0.717) is 6.42 Å². The molecule has 1 rings (SSSR count). The van der Waals surface area contributed by atoms with Gasteiger partial charge in [0.05, 0.1) is 12.5 Å². The van der Waals surface area contributed by atoms with Crippen molar-refractivity contribution in [1.82, 2.24) is 0 Å². The molecule has 1 aromatic rings. The zero-order valence-electron chi connectivity index (χ0n) is 24.2. The Morgan fingerprint density at radius 1 is 0.780 bits per heavy atom. The lowest BCUT2D eigenvalue weighted by molar-refractivity contribution is -0.170. The first-order chi connectivity index (χ1) is 19.1. The van der Waals surface area contributed by atoms with Gasteiger partial charge in [0.1, 0.15) is 50.5 Å². The van der Waals surface area contributed by atoms with E-state index in [-0.39, 0.29) is 4.83 Å². The Labute approximate surface area is 247 Å². The maximum absolute atomic E-state index is 13.0. The summed E-state index contributed by atoms with van der Waals surface area (Å²) in [5, 5.41) is 0. The number of carbonyl (C=O) groups is 5. The van der Waals surface area contributed by atoms with E-state index >= 15 is 0 Å². The number of esters is 4. The SMILES string of the molecule is COC(=O)C(C)(COC(C)=O)COC(=O)OCC(C)(COC(=O)C(C)(C)CC(Br)c1ccccc1)C(=O)OCCF. The van der Waals surface area contributed by atoms with Gasteiger partial charge in [-0.2, -0.15) is 0 Å². The molecule has 41 heavy (non-hydrogen) atoms. The number of carbonyl (C=O) groups excluding carboxylic acids is 5. The zero-order valence-corrected chi connectivity index (χ0v) is 25.7. The second kappa shape index (κ2) is 16.3. The molecule has 0 aliphatic heterocycles. The molecule has 0 N–H and O–H groups in total. The topological polar surface area (TPSA) is 141 Å². The molecule has 0 saturated carbocycles. The minimum Gasteiger partial charge on any atom is -0.468 e. The maximum atomic E-state index is 13.0. The number of benzene rings is 1. The normalized spacial score (nSPS) is 14.8. The lowest BCUT2D eigenvalue weighted by atomic mass is 9.86. The van der Waals surface area contributed by atoms with E-state index in [1.54, 1.807) is 13.8 Å². The van der Waals surface area contributed by atoms with E-state index in [2.05, 4.69) is 20.7 Å². The van der Waals surface area contributed by atoms with Gasteiger partial charge in [-0.25, -0.2) is 9.18 Å². The third-order valence-electron chi connectivity index (χ3n) is 6.02. The number of ether oxygens (including phenoxy) is 6. The van der Waals surface area contributed by atoms with Gasteiger partial charge in [0, 0.05) is 11.8 Å². The van der Waals surface area contributed by atoms with Crippen LogP contribution in [0.4, 0.5) is 9.18 Å². The highest BCUT2D eigenvalue weighted by Crippen LogP contribution is 2.37. The summed E-state index contributed by atoms with van der Waals surface area (Å²) in [6.45, 7) is 3.49. The summed E-state index contributed by atoms with van der Waals surface area (Å²) >= 11 is 3.59. The molecule has 0 radical (unpaired) electrons. The maximum Gasteiger partial charge on any atom is 0.508 e. The van der Waals surface area contributed by atoms with Crippen molar-refractivity contribution in [2.24, 2.45) is 16.2 Å². The molecular weight excluding hydrogens is 611 g/mol. The van der Waals surface area contributed by atoms with Gasteiger partial charge >= 0.3 is 30.0 Å². The fourth-order valence-corrected chi connectivity index (χ4v) is 4.46. The van der Waals surface area contributed by atoms with E-state index in [1.807, 2.05) is 30.3 Å². The van der Waals surface area contributed by atoms with Gasteiger partial charge in [-0.1, -0.05) is 46.3 Å². The summed E-state index contributed by atoms with van der Waals surface area (Å²) in [5.74, 6) is -3.05. The number of alkyl halides is 2. The van der Waals surface area contributed by atoms with Crippen LogP contribution in [0.2, 0.25) is 0 Å². The molecule has 0 amide bonds. The van der Waals surface area contributed by atoms with Gasteiger partial charge < -0.3 is 28.4 Å². The standard InChI is InChI=1S/C28H38BrFO11/c1-19(31)38-15-27(4,23(33)36-6)17-40-25(35)41-18-28(5,24(34)37-13-12-30)16-39-22(32)26(2,3)14-21(29)20-10-8-7-9-11-20/h7-11,21H,12-18H2,1-6H3. The van der Waals surface area contributed by atoms with Crippen molar-refractivity contribution in [3.63, 3.8) is 0 Å². The van der Waals surface area contributed by atoms with Crippen LogP contribution in [-0.2, 0) is 47.6 Å². The molecule has 0 bridgehead atoms.